The molecule has 1 aromatic heterocycles. The lowest BCUT2D eigenvalue weighted by Crippen LogP contribution is -2.51. The van der Waals surface area contributed by atoms with E-state index in [1.54, 1.807) is 6.20 Å². The van der Waals surface area contributed by atoms with Crippen molar-refractivity contribution in [1.82, 2.24) is 4.98 Å². The van der Waals surface area contributed by atoms with Crippen LogP contribution in [0.5, 0.6) is 0 Å². The number of hydrogen-bond acceptors (Lipinski definition) is 2. The summed E-state index contributed by atoms with van der Waals surface area (Å²) in [4.78, 5) is 17.0. The van der Waals surface area contributed by atoms with Gasteiger partial charge in [0.25, 0.3) is 0 Å². The van der Waals surface area contributed by atoms with Gasteiger partial charge in [-0.05, 0) is 74.8 Å². The van der Waals surface area contributed by atoms with Gasteiger partial charge in [0.1, 0.15) is 0 Å². The summed E-state index contributed by atoms with van der Waals surface area (Å²) >= 11 is 0. The summed E-state index contributed by atoms with van der Waals surface area (Å²) in [6.07, 6.45) is 11.1. The van der Waals surface area contributed by atoms with Crippen LogP contribution in [0.4, 0.5) is 5.69 Å². The van der Waals surface area contributed by atoms with E-state index in [9.17, 15) is 4.79 Å². The molecule has 4 bridgehead atoms. The van der Waals surface area contributed by atoms with Gasteiger partial charge in [-0.15, -0.1) is 0 Å². The van der Waals surface area contributed by atoms with E-state index in [1.807, 2.05) is 19.2 Å². The molecule has 0 radical (unpaired) electrons. The molecule has 0 aromatic carbocycles. The van der Waals surface area contributed by atoms with E-state index < -0.39 is 0 Å². The van der Waals surface area contributed by atoms with Crippen LogP contribution in [0.25, 0.3) is 0 Å². The molecule has 0 aliphatic heterocycles. The summed E-state index contributed by atoms with van der Waals surface area (Å²) in [6.45, 7) is 2.00. The maximum Gasteiger partial charge on any atom is 0.230 e. The average Bonchev–Trinajstić information content (AvgIpc) is 2.40. The fourth-order valence-corrected chi connectivity index (χ4v) is 5.26. The fraction of sp³-hybridized carbons (Fsp3) is 0.647. The third-order valence-electron chi connectivity index (χ3n) is 5.79. The lowest BCUT2D eigenvalue weighted by molar-refractivity contribution is -0.140. The Bertz CT molecular complexity index is 516. The van der Waals surface area contributed by atoms with E-state index in [-0.39, 0.29) is 11.3 Å². The number of nitrogens with zero attached hydrogens (tertiary/aromatic N) is 1. The molecule has 4 saturated carbocycles. The van der Waals surface area contributed by atoms with Crippen LogP contribution in [0.15, 0.2) is 18.5 Å². The number of aromatic nitrogens is 1. The normalized spacial score (nSPS) is 38.0. The van der Waals surface area contributed by atoms with Crippen molar-refractivity contribution in [1.29, 1.82) is 0 Å². The van der Waals surface area contributed by atoms with Gasteiger partial charge in [-0.3, -0.25) is 9.78 Å². The number of hydrogen-bond donors (Lipinski definition) is 1. The molecule has 5 rings (SSSR count). The van der Waals surface area contributed by atoms with Gasteiger partial charge in [0, 0.05) is 18.1 Å². The van der Waals surface area contributed by atoms with E-state index in [4.69, 9.17) is 0 Å². The number of pyridine rings is 1. The summed E-state index contributed by atoms with van der Waals surface area (Å²) in [5.74, 6) is 2.70. The highest BCUT2D eigenvalue weighted by atomic mass is 16.2. The second-order valence-electron chi connectivity index (χ2n) is 7.34. The number of aryl methyl sites for hydroxylation is 1. The molecule has 4 fully saturated rings. The smallest absolute Gasteiger partial charge is 0.230 e. The molecule has 3 heteroatoms. The van der Waals surface area contributed by atoms with Crippen molar-refractivity contribution >= 4 is 11.6 Å². The molecule has 0 atom stereocenters. The molecule has 1 amide bonds. The molecule has 0 spiro atoms. The highest BCUT2D eigenvalue weighted by molar-refractivity contribution is 5.96. The van der Waals surface area contributed by atoms with Gasteiger partial charge >= 0.3 is 0 Å². The van der Waals surface area contributed by atoms with Gasteiger partial charge < -0.3 is 5.32 Å². The lowest BCUT2D eigenvalue weighted by Gasteiger charge is -2.55. The van der Waals surface area contributed by atoms with E-state index >= 15 is 0 Å². The van der Waals surface area contributed by atoms with Crippen molar-refractivity contribution in [3.05, 3.63) is 24.0 Å². The minimum atomic E-state index is -0.0650. The predicted molar refractivity (Wildman–Crippen MR) is 78.2 cm³/mol. The summed E-state index contributed by atoms with van der Waals surface area (Å²) in [7, 11) is 0. The number of carbonyl (C=O) groups is 1. The van der Waals surface area contributed by atoms with Gasteiger partial charge in [0.05, 0.1) is 5.41 Å². The van der Waals surface area contributed by atoms with Crippen LogP contribution in [0.2, 0.25) is 0 Å². The first-order valence-corrected chi connectivity index (χ1v) is 7.87. The first kappa shape index (κ1) is 12.4. The van der Waals surface area contributed by atoms with Crippen LogP contribution in [0.3, 0.4) is 0 Å². The highest BCUT2D eigenvalue weighted by Crippen LogP contribution is 2.60. The molecule has 106 valence electrons. The van der Waals surface area contributed by atoms with Crippen molar-refractivity contribution in [2.75, 3.05) is 5.32 Å². The maximum atomic E-state index is 12.9. The van der Waals surface area contributed by atoms with Crippen molar-refractivity contribution in [2.45, 2.75) is 45.4 Å². The van der Waals surface area contributed by atoms with Crippen LogP contribution in [0.1, 0.15) is 44.1 Å². The van der Waals surface area contributed by atoms with E-state index in [0.717, 1.165) is 48.3 Å². The Morgan fingerprint density at radius 2 is 1.80 bits per heavy atom. The van der Waals surface area contributed by atoms with Gasteiger partial charge in [0.2, 0.25) is 5.91 Å². The molecule has 4 aliphatic rings. The molecule has 20 heavy (non-hydrogen) atoms. The quantitative estimate of drug-likeness (QED) is 0.893. The molecule has 4 aliphatic carbocycles. The number of nitrogens with one attached hydrogen (secondary N) is 1. The van der Waals surface area contributed by atoms with Crippen LogP contribution in [-0.2, 0) is 4.79 Å². The monoisotopic (exact) mass is 270 g/mol. The Balaban J connectivity index is 1.58. The van der Waals surface area contributed by atoms with Gasteiger partial charge in [0.15, 0.2) is 0 Å². The third kappa shape index (κ3) is 1.87. The number of carbonyl (C=O) groups excluding carboxylic acids is 1. The van der Waals surface area contributed by atoms with Crippen LogP contribution >= 0.6 is 0 Å². The SMILES string of the molecule is Cc1cnccc1NC(=O)C12CC3CC(CC(C3)C1)C2. The Labute approximate surface area is 120 Å². The van der Waals surface area contributed by atoms with Crippen molar-refractivity contribution in [3.63, 3.8) is 0 Å². The third-order valence-corrected chi connectivity index (χ3v) is 5.79. The van der Waals surface area contributed by atoms with E-state index in [1.165, 1.54) is 19.3 Å². The van der Waals surface area contributed by atoms with Gasteiger partial charge in [-0.25, -0.2) is 0 Å². The lowest BCUT2D eigenvalue weighted by atomic mass is 9.49. The number of anilines is 1. The zero-order valence-electron chi connectivity index (χ0n) is 12.1. The molecule has 1 N–H and O–H groups in total. The summed E-state index contributed by atoms with van der Waals surface area (Å²) in [5, 5.41) is 3.19. The molecule has 1 heterocycles. The van der Waals surface area contributed by atoms with Crippen molar-refractivity contribution in [2.24, 2.45) is 23.2 Å². The number of rotatable bonds is 2. The summed E-state index contributed by atoms with van der Waals surface area (Å²) < 4.78 is 0. The van der Waals surface area contributed by atoms with Crippen LogP contribution in [0, 0.1) is 30.1 Å². The molecule has 0 saturated heterocycles. The Kier molecular flexibility index (Phi) is 2.66. The second kappa shape index (κ2) is 4.31. The first-order valence-electron chi connectivity index (χ1n) is 7.87. The summed E-state index contributed by atoms with van der Waals surface area (Å²) in [6, 6.07) is 1.91. The second-order valence-corrected chi connectivity index (χ2v) is 7.34. The Morgan fingerprint density at radius 3 is 2.35 bits per heavy atom. The Hall–Kier alpha value is -1.38. The Morgan fingerprint density at radius 1 is 1.20 bits per heavy atom. The standard InChI is InChI=1S/C17H22N2O/c1-11-10-18-3-2-15(11)19-16(20)17-7-12-4-13(8-17)6-14(5-12)9-17/h2-3,10,12-14H,4-9H2,1H3,(H,18,19,20). The van der Waals surface area contributed by atoms with Crippen LogP contribution < -0.4 is 5.32 Å². The minimum Gasteiger partial charge on any atom is -0.325 e. The highest BCUT2D eigenvalue weighted by Gasteiger charge is 2.54. The average molecular weight is 270 g/mol. The molecular formula is C17H22N2O. The zero-order valence-corrected chi connectivity index (χ0v) is 12.1. The largest absolute Gasteiger partial charge is 0.325 e. The predicted octanol–water partition coefficient (Wildman–Crippen LogP) is 3.54. The zero-order chi connectivity index (χ0) is 13.7. The minimum absolute atomic E-state index is 0.0650. The molecule has 0 unspecified atom stereocenters. The fourth-order valence-electron chi connectivity index (χ4n) is 5.26. The van der Waals surface area contributed by atoms with Crippen LogP contribution in [-0.4, -0.2) is 10.9 Å². The molecular weight excluding hydrogens is 248 g/mol. The topological polar surface area (TPSA) is 42.0 Å². The molecule has 3 nitrogen and oxygen atoms in total. The van der Waals surface area contributed by atoms with E-state index in [0.29, 0.717) is 0 Å². The van der Waals surface area contributed by atoms with E-state index in [2.05, 4.69) is 10.3 Å². The number of amides is 1. The maximum absolute atomic E-state index is 12.9. The summed E-state index contributed by atoms with van der Waals surface area (Å²) in [5.41, 5.74) is 1.91. The van der Waals surface area contributed by atoms with Gasteiger partial charge in [-0.2, -0.15) is 0 Å². The van der Waals surface area contributed by atoms with Gasteiger partial charge in [-0.1, -0.05) is 0 Å². The van der Waals surface area contributed by atoms with Crippen molar-refractivity contribution < 1.29 is 4.79 Å². The molecule has 1 aromatic rings. The van der Waals surface area contributed by atoms with Crippen molar-refractivity contribution in [3.8, 4) is 0 Å². The first-order chi connectivity index (χ1) is 9.64.